The highest BCUT2D eigenvalue weighted by molar-refractivity contribution is 6.10. The van der Waals surface area contributed by atoms with E-state index in [-0.39, 0.29) is 0 Å². The summed E-state index contributed by atoms with van der Waals surface area (Å²) in [5, 5.41) is 16.8. The van der Waals surface area contributed by atoms with Crippen molar-refractivity contribution in [2.75, 3.05) is 0 Å². The molecule has 4 aliphatic heterocycles. The summed E-state index contributed by atoms with van der Waals surface area (Å²) in [5.74, 6) is 0. The number of rotatable bonds is 3. The maximum atomic E-state index is 9.73. The van der Waals surface area contributed by atoms with Gasteiger partial charge in [-0.25, -0.2) is 5.01 Å². The molecule has 8 bridgehead atoms. The molecule has 47 heavy (non-hydrogen) atoms. The van der Waals surface area contributed by atoms with Crippen LogP contribution < -0.4 is 5.43 Å². The van der Waals surface area contributed by atoms with Crippen molar-refractivity contribution in [2.24, 2.45) is 0 Å². The van der Waals surface area contributed by atoms with Gasteiger partial charge in [0, 0.05) is 69.8 Å². The molecule has 6 heterocycles. The molecule has 6 aromatic carbocycles. The van der Waals surface area contributed by atoms with Gasteiger partial charge in [0.25, 0.3) is 0 Å². The molecule has 12 rings (SSSR count). The lowest BCUT2D eigenvalue weighted by Crippen LogP contribution is -2.33. The molecule has 0 aliphatic carbocycles. The SMILES string of the molecule is N#CNN1Cc2ccc3c(c2)c2cc(-c4ccccc4)ccc2n3CCCn2c3ccc(cc3c3cc(-c4ccccc4)ccc32)C1. The van der Waals surface area contributed by atoms with Gasteiger partial charge >= 0.3 is 0 Å². The van der Waals surface area contributed by atoms with Crippen molar-refractivity contribution in [3.8, 4) is 28.4 Å². The van der Waals surface area contributed by atoms with Crippen molar-refractivity contribution in [2.45, 2.75) is 32.6 Å². The minimum absolute atomic E-state index is 0.604. The summed E-state index contributed by atoms with van der Waals surface area (Å²) in [6.45, 7) is 3.03. The molecular weight excluding hydrogens is 574 g/mol. The van der Waals surface area contributed by atoms with Crippen LogP contribution in [-0.4, -0.2) is 14.1 Å². The minimum Gasteiger partial charge on any atom is -0.340 e. The van der Waals surface area contributed by atoms with Gasteiger partial charge < -0.3 is 9.13 Å². The van der Waals surface area contributed by atoms with Gasteiger partial charge in [-0.05, 0) is 88.3 Å². The van der Waals surface area contributed by atoms with E-state index in [0.29, 0.717) is 13.1 Å². The molecule has 0 radical (unpaired) electrons. The van der Waals surface area contributed by atoms with E-state index < -0.39 is 0 Å². The molecule has 2 aromatic heterocycles. The Kier molecular flexibility index (Phi) is 6.55. The van der Waals surface area contributed by atoms with Gasteiger partial charge in [0.15, 0.2) is 6.19 Å². The maximum Gasteiger partial charge on any atom is 0.192 e. The summed E-state index contributed by atoms with van der Waals surface area (Å²) in [4.78, 5) is 0. The molecule has 0 unspecified atom stereocenters. The van der Waals surface area contributed by atoms with Crippen molar-refractivity contribution >= 4 is 43.6 Å². The first-order valence-electron chi connectivity index (χ1n) is 16.3. The molecule has 0 atom stereocenters. The second kappa shape index (κ2) is 11.2. The predicted molar refractivity (Wildman–Crippen MR) is 192 cm³/mol. The minimum atomic E-state index is 0.604. The fourth-order valence-corrected chi connectivity index (χ4v) is 7.63. The van der Waals surface area contributed by atoms with Gasteiger partial charge in [0.1, 0.15) is 0 Å². The monoisotopic (exact) mass is 607 g/mol. The lowest BCUT2D eigenvalue weighted by Gasteiger charge is -2.20. The van der Waals surface area contributed by atoms with Crippen LogP contribution in [0.1, 0.15) is 17.5 Å². The Balaban J connectivity index is 1.22. The first-order chi connectivity index (χ1) is 23.2. The van der Waals surface area contributed by atoms with E-state index in [1.807, 2.05) is 5.01 Å². The number of nitrogens with one attached hydrogen (secondary N) is 1. The molecule has 0 fully saturated rings. The van der Waals surface area contributed by atoms with Crippen LogP contribution in [-0.2, 0) is 26.2 Å². The number of fused-ring (bicyclic) bond motifs is 2. The summed E-state index contributed by atoms with van der Waals surface area (Å²) in [7, 11) is 0. The molecule has 4 aliphatic rings. The van der Waals surface area contributed by atoms with E-state index in [1.165, 1.54) is 77.0 Å². The first-order valence-corrected chi connectivity index (χ1v) is 16.3. The summed E-state index contributed by atoms with van der Waals surface area (Å²) in [6, 6.07) is 48.6. The summed E-state index contributed by atoms with van der Waals surface area (Å²) in [6.07, 6.45) is 3.19. The number of benzene rings is 6. The Labute approximate surface area is 273 Å². The normalized spacial score (nSPS) is 13.9. The van der Waals surface area contributed by atoms with Gasteiger partial charge in [-0.1, -0.05) is 84.9 Å². The zero-order valence-electron chi connectivity index (χ0n) is 26.0. The largest absolute Gasteiger partial charge is 0.340 e. The smallest absolute Gasteiger partial charge is 0.192 e. The van der Waals surface area contributed by atoms with Gasteiger partial charge in [0.05, 0.1) is 0 Å². The van der Waals surface area contributed by atoms with Crippen molar-refractivity contribution in [1.29, 1.82) is 5.26 Å². The Bertz CT molecular complexity index is 2310. The standard InChI is InChI=1S/C42H33N5/c43-28-44-45-26-29-12-16-39-35(22-29)37-24-33(31-8-3-1-4-9-31)14-18-41(37)46(39)20-7-21-47-40-17-13-30(27-45)23-36(40)38-25-34(15-19-42(38)47)32-10-5-2-6-11-32/h1-6,8-19,22-25,44H,7,20-21,26-27H2. The summed E-state index contributed by atoms with van der Waals surface area (Å²) >= 11 is 0. The van der Waals surface area contributed by atoms with E-state index in [4.69, 9.17) is 0 Å². The molecule has 226 valence electrons. The fourth-order valence-electron chi connectivity index (χ4n) is 7.63. The van der Waals surface area contributed by atoms with Crippen molar-refractivity contribution in [1.82, 2.24) is 19.6 Å². The highest BCUT2D eigenvalue weighted by atomic mass is 15.5. The van der Waals surface area contributed by atoms with E-state index in [1.54, 1.807) is 0 Å². The fraction of sp³-hybridized carbons (Fsp3) is 0.119. The number of hydrogen-bond acceptors (Lipinski definition) is 3. The number of nitriles is 1. The third kappa shape index (κ3) is 4.74. The van der Waals surface area contributed by atoms with Crippen LogP contribution in [0.5, 0.6) is 0 Å². The molecule has 1 N–H and O–H groups in total. The average Bonchev–Trinajstić information content (AvgIpc) is 3.59. The zero-order valence-corrected chi connectivity index (χ0v) is 26.0. The van der Waals surface area contributed by atoms with Crippen LogP contribution in [0.3, 0.4) is 0 Å². The quantitative estimate of drug-likeness (QED) is 0.161. The topological polar surface area (TPSA) is 48.9 Å². The molecule has 0 amide bonds. The average molecular weight is 608 g/mol. The van der Waals surface area contributed by atoms with Crippen LogP contribution in [0, 0.1) is 11.5 Å². The van der Waals surface area contributed by atoms with Gasteiger partial charge in [0.2, 0.25) is 0 Å². The number of hydrazine groups is 1. The van der Waals surface area contributed by atoms with Crippen LogP contribution in [0.15, 0.2) is 133 Å². The number of nitrogens with zero attached hydrogens (tertiary/aromatic N) is 4. The second-order valence-electron chi connectivity index (χ2n) is 12.6. The number of aryl methyl sites for hydroxylation is 2. The van der Waals surface area contributed by atoms with Crippen LogP contribution in [0.25, 0.3) is 65.9 Å². The highest BCUT2D eigenvalue weighted by Crippen LogP contribution is 2.36. The molecule has 0 saturated heterocycles. The molecule has 0 spiro atoms. The molecule has 0 saturated carbocycles. The number of aromatic nitrogens is 2. The van der Waals surface area contributed by atoms with Crippen LogP contribution in [0.4, 0.5) is 0 Å². The molecule has 8 aromatic rings. The van der Waals surface area contributed by atoms with Crippen LogP contribution >= 0.6 is 0 Å². The van der Waals surface area contributed by atoms with Gasteiger partial charge in [-0.3, -0.25) is 5.43 Å². The van der Waals surface area contributed by atoms with E-state index in [0.717, 1.165) is 19.5 Å². The summed E-state index contributed by atoms with van der Waals surface area (Å²) < 4.78 is 5.00. The third-order valence-corrected chi connectivity index (χ3v) is 9.79. The molecule has 5 heteroatoms. The lowest BCUT2D eigenvalue weighted by atomic mass is 10.0. The Morgan fingerprint density at radius 1 is 0.468 bits per heavy atom. The van der Waals surface area contributed by atoms with Gasteiger partial charge in [-0.2, -0.15) is 5.26 Å². The zero-order chi connectivity index (χ0) is 31.3. The third-order valence-electron chi connectivity index (χ3n) is 9.79. The predicted octanol–water partition coefficient (Wildman–Crippen LogP) is 9.63. The molecular formula is C42H33N5. The second-order valence-corrected chi connectivity index (χ2v) is 12.6. The van der Waals surface area contributed by atoms with E-state index in [2.05, 4.69) is 154 Å². The van der Waals surface area contributed by atoms with Crippen molar-refractivity contribution in [3.05, 3.63) is 145 Å². The Morgan fingerprint density at radius 3 is 1.34 bits per heavy atom. The Hall–Kier alpha value is -5.83. The van der Waals surface area contributed by atoms with Gasteiger partial charge in [-0.15, -0.1) is 0 Å². The summed E-state index contributed by atoms with van der Waals surface area (Å²) in [5.41, 5.74) is 15.2. The molecule has 5 nitrogen and oxygen atoms in total. The lowest BCUT2D eigenvalue weighted by molar-refractivity contribution is 0.208. The first kappa shape index (κ1) is 27.5. The number of hydrogen-bond donors (Lipinski definition) is 1. The van der Waals surface area contributed by atoms with Crippen LogP contribution in [0.2, 0.25) is 0 Å². The van der Waals surface area contributed by atoms with Crippen molar-refractivity contribution in [3.63, 3.8) is 0 Å². The highest BCUT2D eigenvalue weighted by Gasteiger charge is 2.18. The van der Waals surface area contributed by atoms with E-state index in [9.17, 15) is 5.26 Å². The van der Waals surface area contributed by atoms with Crippen molar-refractivity contribution < 1.29 is 0 Å². The maximum absolute atomic E-state index is 9.73. The Morgan fingerprint density at radius 2 is 0.894 bits per heavy atom. The van der Waals surface area contributed by atoms with E-state index >= 15 is 0 Å².